The molecule has 1 aromatic rings. The van der Waals surface area contributed by atoms with Gasteiger partial charge in [0.05, 0.1) is 12.2 Å². The second kappa shape index (κ2) is 6.20. The van der Waals surface area contributed by atoms with Crippen molar-refractivity contribution in [3.8, 4) is 0 Å². The number of hydrogen-bond donors (Lipinski definition) is 0. The molecule has 0 N–H and O–H groups in total. The van der Waals surface area contributed by atoms with Crippen molar-refractivity contribution < 1.29 is 19.1 Å². The van der Waals surface area contributed by atoms with E-state index in [1.807, 2.05) is 13.8 Å². The summed E-state index contributed by atoms with van der Waals surface area (Å²) in [7, 11) is 0. The number of rotatable bonds is 3. The summed E-state index contributed by atoms with van der Waals surface area (Å²) >= 11 is 1.30. The van der Waals surface area contributed by atoms with Crippen LogP contribution in [0.25, 0.3) is 0 Å². The highest BCUT2D eigenvalue weighted by atomic mass is 32.1. The molecule has 0 aliphatic carbocycles. The Morgan fingerprint density at radius 2 is 2.04 bits per heavy atom. The van der Waals surface area contributed by atoms with E-state index >= 15 is 0 Å². The molecule has 2 atom stereocenters. The van der Waals surface area contributed by atoms with Crippen molar-refractivity contribution in [3.05, 3.63) is 16.0 Å². The summed E-state index contributed by atoms with van der Waals surface area (Å²) in [4.78, 5) is 41.8. The number of carbonyl (C=O) groups is 3. The molecular formula is C17H22N2O4S. The van der Waals surface area contributed by atoms with Gasteiger partial charge in [-0.15, -0.1) is 11.3 Å². The van der Waals surface area contributed by atoms with Gasteiger partial charge < -0.3 is 9.64 Å². The first kappa shape index (κ1) is 17.0. The molecule has 7 heteroatoms. The standard InChI is InChI=1S/C17H22N2O4S/c1-5-23-16(21)13-10(3)11(4)24-15(13)19-14(20)12-8-9(2)6-7-18(12)17(19)22/h9,12H,5-8H2,1-4H3/t9-,12-/m0/s1. The van der Waals surface area contributed by atoms with Crippen molar-refractivity contribution in [2.45, 2.75) is 46.6 Å². The number of imide groups is 1. The van der Waals surface area contributed by atoms with Crippen molar-refractivity contribution >= 4 is 34.2 Å². The van der Waals surface area contributed by atoms with Crippen molar-refractivity contribution in [2.75, 3.05) is 18.1 Å². The summed E-state index contributed by atoms with van der Waals surface area (Å²) in [5, 5.41) is 0.403. The molecule has 24 heavy (non-hydrogen) atoms. The fourth-order valence-electron chi connectivity index (χ4n) is 3.37. The zero-order valence-electron chi connectivity index (χ0n) is 14.4. The number of nitrogens with zero attached hydrogens (tertiary/aromatic N) is 2. The highest BCUT2D eigenvalue weighted by molar-refractivity contribution is 7.17. The minimum Gasteiger partial charge on any atom is -0.462 e. The smallest absolute Gasteiger partial charge is 0.341 e. The lowest BCUT2D eigenvalue weighted by atomic mass is 9.93. The Labute approximate surface area is 145 Å². The zero-order chi connectivity index (χ0) is 17.6. The maximum Gasteiger partial charge on any atom is 0.341 e. The summed E-state index contributed by atoms with van der Waals surface area (Å²) in [5.74, 6) is -0.286. The van der Waals surface area contributed by atoms with E-state index < -0.39 is 12.0 Å². The van der Waals surface area contributed by atoms with Crippen LogP contribution in [0.3, 0.4) is 0 Å². The first-order chi connectivity index (χ1) is 11.4. The molecule has 0 spiro atoms. The van der Waals surface area contributed by atoms with Gasteiger partial charge in [-0.05, 0) is 45.1 Å². The first-order valence-electron chi connectivity index (χ1n) is 8.28. The third kappa shape index (κ3) is 2.51. The number of esters is 1. The predicted molar refractivity (Wildman–Crippen MR) is 91.5 cm³/mol. The maximum absolute atomic E-state index is 12.9. The van der Waals surface area contributed by atoms with Crippen LogP contribution >= 0.6 is 11.3 Å². The second-order valence-electron chi connectivity index (χ2n) is 6.48. The van der Waals surface area contributed by atoms with Gasteiger partial charge in [0.25, 0.3) is 5.91 Å². The molecule has 2 aliphatic heterocycles. The largest absolute Gasteiger partial charge is 0.462 e. The number of thiophene rings is 1. The van der Waals surface area contributed by atoms with Crippen LogP contribution in [0, 0.1) is 19.8 Å². The number of piperidine rings is 1. The molecule has 2 aliphatic rings. The molecule has 0 aromatic carbocycles. The number of amides is 3. The molecule has 1 aromatic heterocycles. The summed E-state index contributed by atoms with van der Waals surface area (Å²) < 4.78 is 5.13. The van der Waals surface area contributed by atoms with Crippen LogP contribution in [0.4, 0.5) is 9.80 Å². The van der Waals surface area contributed by atoms with Gasteiger partial charge >= 0.3 is 12.0 Å². The molecule has 3 heterocycles. The monoisotopic (exact) mass is 350 g/mol. The topological polar surface area (TPSA) is 66.9 Å². The van der Waals surface area contributed by atoms with E-state index in [-0.39, 0.29) is 18.5 Å². The summed E-state index contributed by atoms with van der Waals surface area (Å²) in [5.41, 5.74) is 1.11. The van der Waals surface area contributed by atoms with E-state index in [9.17, 15) is 14.4 Å². The van der Waals surface area contributed by atoms with Crippen LogP contribution in [0.5, 0.6) is 0 Å². The fourth-order valence-corrected chi connectivity index (χ4v) is 4.52. The van der Waals surface area contributed by atoms with Crippen molar-refractivity contribution in [2.24, 2.45) is 5.92 Å². The summed E-state index contributed by atoms with van der Waals surface area (Å²) in [6, 6.07) is -0.720. The molecule has 3 rings (SSSR count). The van der Waals surface area contributed by atoms with E-state index in [0.717, 1.165) is 16.9 Å². The Kier molecular flexibility index (Phi) is 4.38. The van der Waals surface area contributed by atoms with Gasteiger partial charge in [0.2, 0.25) is 0 Å². The highest BCUT2D eigenvalue weighted by Gasteiger charge is 2.49. The molecule has 0 radical (unpaired) electrons. The number of aryl methyl sites for hydroxylation is 1. The minimum absolute atomic E-state index is 0.224. The molecular weight excluding hydrogens is 328 g/mol. The molecule has 3 amide bonds. The van der Waals surface area contributed by atoms with Crippen molar-refractivity contribution in [1.82, 2.24) is 4.90 Å². The molecule has 0 bridgehead atoms. The molecule has 0 unspecified atom stereocenters. The van der Waals surface area contributed by atoms with Gasteiger partial charge in [-0.1, -0.05) is 6.92 Å². The van der Waals surface area contributed by atoms with Crippen LogP contribution < -0.4 is 4.90 Å². The third-order valence-corrected chi connectivity index (χ3v) is 6.05. The Hall–Kier alpha value is -1.89. The number of ether oxygens (including phenoxy) is 1. The van der Waals surface area contributed by atoms with E-state index in [0.29, 0.717) is 29.4 Å². The minimum atomic E-state index is -0.479. The quantitative estimate of drug-likeness (QED) is 0.620. The van der Waals surface area contributed by atoms with Gasteiger partial charge in [-0.25, -0.2) is 14.5 Å². The van der Waals surface area contributed by atoms with Crippen LogP contribution in [0.15, 0.2) is 0 Å². The number of anilines is 1. The molecule has 2 fully saturated rings. The maximum atomic E-state index is 12.9. The van der Waals surface area contributed by atoms with Gasteiger partial charge in [-0.2, -0.15) is 0 Å². The highest BCUT2D eigenvalue weighted by Crippen LogP contribution is 2.40. The van der Waals surface area contributed by atoms with Crippen molar-refractivity contribution in [3.63, 3.8) is 0 Å². The van der Waals surface area contributed by atoms with Crippen LogP contribution in [-0.4, -0.2) is 42.0 Å². The lowest BCUT2D eigenvalue weighted by Crippen LogP contribution is -2.41. The van der Waals surface area contributed by atoms with E-state index in [4.69, 9.17) is 4.74 Å². The van der Waals surface area contributed by atoms with E-state index in [1.54, 1.807) is 11.8 Å². The molecule has 0 saturated carbocycles. The number of hydrogen-bond acceptors (Lipinski definition) is 5. The molecule has 6 nitrogen and oxygen atoms in total. The number of fused-ring (bicyclic) bond motifs is 1. The van der Waals surface area contributed by atoms with Gasteiger partial charge in [0.15, 0.2) is 0 Å². The van der Waals surface area contributed by atoms with E-state index in [1.165, 1.54) is 16.2 Å². The van der Waals surface area contributed by atoms with Gasteiger partial charge in [0, 0.05) is 11.4 Å². The SMILES string of the molecule is CCOC(=O)c1c(N2C(=O)[C@@H]3C[C@@H](C)CCN3C2=O)sc(C)c1C. The molecule has 2 saturated heterocycles. The van der Waals surface area contributed by atoms with Crippen LogP contribution in [0.2, 0.25) is 0 Å². The predicted octanol–water partition coefficient (Wildman–Crippen LogP) is 3.11. The Morgan fingerprint density at radius 3 is 2.71 bits per heavy atom. The van der Waals surface area contributed by atoms with Crippen LogP contribution in [0.1, 0.15) is 47.5 Å². The average Bonchev–Trinajstić information content (AvgIpc) is 2.94. The van der Waals surface area contributed by atoms with Gasteiger partial charge in [0.1, 0.15) is 11.0 Å². The number of urea groups is 1. The van der Waals surface area contributed by atoms with Crippen molar-refractivity contribution in [1.29, 1.82) is 0 Å². The lowest BCUT2D eigenvalue weighted by Gasteiger charge is -2.30. The number of carbonyl (C=O) groups excluding carboxylic acids is 3. The van der Waals surface area contributed by atoms with Crippen LogP contribution in [-0.2, 0) is 9.53 Å². The zero-order valence-corrected chi connectivity index (χ0v) is 15.2. The fraction of sp³-hybridized carbons (Fsp3) is 0.588. The lowest BCUT2D eigenvalue weighted by molar-refractivity contribution is -0.120. The first-order valence-corrected chi connectivity index (χ1v) is 9.10. The average molecular weight is 350 g/mol. The Morgan fingerprint density at radius 1 is 1.33 bits per heavy atom. The Balaban J connectivity index is 2.03. The summed E-state index contributed by atoms with van der Waals surface area (Å²) in [6.45, 7) is 8.38. The normalized spacial score (nSPS) is 23.7. The summed E-state index contributed by atoms with van der Waals surface area (Å²) in [6.07, 6.45) is 1.58. The third-order valence-electron chi connectivity index (χ3n) is 4.86. The molecule has 130 valence electrons. The second-order valence-corrected chi connectivity index (χ2v) is 7.68. The van der Waals surface area contributed by atoms with E-state index in [2.05, 4.69) is 6.92 Å². The Bertz CT molecular complexity index is 712. The van der Waals surface area contributed by atoms with Gasteiger partial charge in [-0.3, -0.25) is 4.79 Å².